The van der Waals surface area contributed by atoms with Gasteiger partial charge >= 0.3 is 0 Å². The molecule has 0 radical (unpaired) electrons. The Morgan fingerprint density at radius 3 is 2.81 bits per heavy atom. The molecule has 0 fully saturated rings. The first kappa shape index (κ1) is 12.9. The minimum absolute atomic E-state index is 0.0494. The van der Waals surface area contributed by atoms with Crippen LogP contribution in [-0.4, -0.2) is 34.4 Å². The molecule has 0 heterocycles. The average molecular weight is 291 g/mol. The Labute approximate surface area is 100 Å². The van der Waals surface area contributed by atoms with Gasteiger partial charge in [-0.05, 0) is 12.1 Å². The van der Waals surface area contributed by atoms with Crippen molar-refractivity contribution in [3.63, 3.8) is 0 Å². The zero-order valence-electron chi connectivity index (χ0n) is 8.26. The Balaban J connectivity index is 2.84. The van der Waals surface area contributed by atoms with Crippen LogP contribution >= 0.6 is 15.9 Å². The van der Waals surface area contributed by atoms with Crippen molar-refractivity contribution in [1.82, 2.24) is 0 Å². The lowest BCUT2D eigenvalue weighted by Crippen LogP contribution is -2.23. The summed E-state index contributed by atoms with van der Waals surface area (Å²) in [6.07, 6.45) is -0.946. The quantitative estimate of drug-likeness (QED) is 0.558. The van der Waals surface area contributed by atoms with Crippen LogP contribution in [0.4, 0.5) is 11.4 Å². The molecule has 0 unspecified atom stereocenters. The van der Waals surface area contributed by atoms with E-state index in [9.17, 15) is 10.1 Å². The van der Waals surface area contributed by atoms with Crippen LogP contribution < -0.4 is 5.32 Å². The highest BCUT2D eigenvalue weighted by Crippen LogP contribution is 2.27. The molecule has 3 N–H and O–H groups in total. The lowest BCUT2D eigenvalue weighted by molar-refractivity contribution is -0.384. The summed E-state index contributed by atoms with van der Waals surface area (Å²) in [7, 11) is 0. The minimum Gasteiger partial charge on any atom is -0.394 e. The number of nitrogens with zero attached hydrogens (tertiary/aromatic N) is 1. The van der Waals surface area contributed by atoms with Crippen LogP contribution in [0.3, 0.4) is 0 Å². The summed E-state index contributed by atoms with van der Waals surface area (Å²) in [5.41, 5.74) is 0.222. The second kappa shape index (κ2) is 5.78. The summed E-state index contributed by atoms with van der Waals surface area (Å²) >= 11 is 3.20. The van der Waals surface area contributed by atoms with E-state index in [1.165, 1.54) is 6.07 Å². The molecule has 0 aliphatic heterocycles. The van der Waals surface area contributed by atoms with Gasteiger partial charge in [-0.25, -0.2) is 0 Å². The van der Waals surface area contributed by atoms with Gasteiger partial charge < -0.3 is 15.5 Å². The van der Waals surface area contributed by atoms with Crippen LogP contribution in [0.25, 0.3) is 0 Å². The number of anilines is 1. The van der Waals surface area contributed by atoms with Gasteiger partial charge in [0.25, 0.3) is 5.69 Å². The lowest BCUT2D eigenvalue weighted by Gasteiger charge is -2.10. The standard InChI is InChI=1S/C9H11BrN2O4/c10-6-1-2-9(12(15)16)8(3-6)11-4-7(14)5-13/h1-3,7,11,13-14H,4-5H2/t7-/m1/s1. The fourth-order valence-corrected chi connectivity index (χ4v) is 1.46. The van der Waals surface area contributed by atoms with Gasteiger partial charge in [0.15, 0.2) is 0 Å². The van der Waals surface area contributed by atoms with Gasteiger partial charge in [-0.3, -0.25) is 10.1 Å². The molecule has 0 amide bonds. The van der Waals surface area contributed by atoms with E-state index in [2.05, 4.69) is 21.2 Å². The Morgan fingerprint density at radius 2 is 2.25 bits per heavy atom. The first-order chi connectivity index (χ1) is 7.54. The summed E-state index contributed by atoms with van der Waals surface area (Å²) in [5, 5.41) is 31.1. The Morgan fingerprint density at radius 1 is 1.56 bits per heavy atom. The van der Waals surface area contributed by atoms with Gasteiger partial charge in [-0.1, -0.05) is 15.9 Å². The fourth-order valence-electron chi connectivity index (χ4n) is 1.10. The van der Waals surface area contributed by atoms with Crippen molar-refractivity contribution in [2.24, 2.45) is 0 Å². The van der Waals surface area contributed by atoms with Crippen molar-refractivity contribution in [2.45, 2.75) is 6.10 Å². The van der Waals surface area contributed by atoms with E-state index in [1.54, 1.807) is 12.1 Å². The maximum absolute atomic E-state index is 10.7. The number of halogens is 1. The highest BCUT2D eigenvalue weighted by atomic mass is 79.9. The monoisotopic (exact) mass is 290 g/mol. The molecule has 88 valence electrons. The molecule has 0 aliphatic rings. The molecule has 1 aromatic carbocycles. The molecule has 1 rings (SSSR count). The Hall–Kier alpha value is -1.18. The number of nitro benzene ring substituents is 1. The van der Waals surface area contributed by atoms with E-state index >= 15 is 0 Å². The first-order valence-corrected chi connectivity index (χ1v) is 5.30. The van der Waals surface area contributed by atoms with Gasteiger partial charge in [0.2, 0.25) is 0 Å². The molecular weight excluding hydrogens is 280 g/mol. The van der Waals surface area contributed by atoms with Crippen molar-refractivity contribution < 1.29 is 15.1 Å². The third kappa shape index (κ3) is 3.44. The molecule has 0 saturated carbocycles. The number of nitro groups is 1. The highest BCUT2D eigenvalue weighted by Gasteiger charge is 2.14. The number of aliphatic hydroxyl groups is 2. The predicted molar refractivity (Wildman–Crippen MR) is 62.4 cm³/mol. The van der Waals surface area contributed by atoms with E-state index in [0.29, 0.717) is 10.2 Å². The molecule has 1 aromatic rings. The van der Waals surface area contributed by atoms with Gasteiger partial charge in [0.05, 0.1) is 17.6 Å². The molecule has 0 saturated heterocycles. The topological polar surface area (TPSA) is 95.6 Å². The fraction of sp³-hybridized carbons (Fsp3) is 0.333. The second-order valence-corrected chi connectivity index (χ2v) is 4.05. The summed E-state index contributed by atoms with van der Waals surface area (Å²) in [4.78, 5) is 10.2. The molecule has 16 heavy (non-hydrogen) atoms. The molecular formula is C9H11BrN2O4. The smallest absolute Gasteiger partial charge is 0.292 e. The van der Waals surface area contributed by atoms with Crippen LogP contribution in [-0.2, 0) is 0 Å². The molecule has 7 heteroatoms. The van der Waals surface area contributed by atoms with Crippen molar-refractivity contribution in [1.29, 1.82) is 0 Å². The van der Waals surface area contributed by atoms with Crippen LogP contribution in [0.5, 0.6) is 0 Å². The van der Waals surface area contributed by atoms with Crippen molar-refractivity contribution in [3.8, 4) is 0 Å². The Bertz CT molecular complexity index is 386. The van der Waals surface area contributed by atoms with Gasteiger partial charge in [-0.15, -0.1) is 0 Å². The molecule has 0 bridgehead atoms. The van der Waals surface area contributed by atoms with Crippen LogP contribution in [0.2, 0.25) is 0 Å². The third-order valence-corrected chi connectivity index (χ3v) is 2.39. The number of hydrogen-bond acceptors (Lipinski definition) is 5. The number of aliphatic hydroxyl groups excluding tert-OH is 2. The van der Waals surface area contributed by atoms with Gasteiger partial charge in [-0.2, -0.15) is 0 Å². The van der Waals surface area contributed by atoms with Gasteiger partial charge in [0, 0.05) is 17.1 Å². The van der Waals surface area contributed by atoms with Crippen LogP contribution in [0, 0.1) is 10.1 Å². The molecule has 0 aromatic heterocycles. The predicted octanol–water partition coefficient (Wildman–Crippen LogP) is 1.12. The second-order valence-electron chi connectivity index (χ2n) is 3.14. The van der Waals surface area contributed by atoms with E-state index in [0.717, 1.165) is 0 Å². The first-order valence-electron chi connectivity index (χ1n) is 4.51. The van der Waals surface area contributed by atoms with Gasteiger partial charge in [0.1, 0.15) is 5.69 Å². The van der Waals surface area contributed by atoms with E-state index in [-0.39, 0.29) is 12.2 Å². The maximum Gasteiger partial charge on any atom is 0.292 e. The zero-order valence-corrected chi connectivity index (χ0v) is 9.85. The number of nitrogens with one attached hydrogen (secondary N) is 1. The minimum atomic E-state index is -0.946. The summed E-state index contributed by atoms with van der Waals surface area (Å²) in [6.45, 7) is -0.345. The highest BCUT2D eigenvalue weighted by molar-refractivity contribution is 9.10. The summed E-state index contributed by atoms with van der Waals surface area (Å²) in [5.74, 6) is 0. The Kier molecular flexibility index (Phi) is 4.66. The summed E-state index contributed by atoms with van der Waals surface area (Å²) in [6, 6.07) is 4.46. The molecule has 6 nitrogen and oxygen atoms in total. The van der Waals surface area contributed by atoms with E-state index < -0.39 is 17.6 Å². The molecule has 0 aliphatic carbocycles. The largest absolute Gasteiger partial charge is 0.394 e. The van der Waals surface area contributed by atoms with E-state index in [1.807, 2.05) is 0 Å². The van der Waals surface area contributed by atoms with Crippen LogP contribution in [0.1, 0.15) is 0 Å². The van der Waals surface area contributed by atoms with Crippen LogP contribution in [0.15, 0.2) is 22.7 Å². The number of benzene rings is 1. The van der Waals surface area contributed by atoms with Crippen molar-refractivity contribution in [2.75, 3.05) is 18.5 Å². The molecule has 0 spiro atoms. The average Bonchev–Trinajstić information content (AvgIpc) is 2.25. The third-order valence-electron chi connectivity index (χ3n) is 1.89. The maximum atomic E-state index is 10.7. The number of rotatable bonds is 5. The van der Waals surface area contributed by atoms with E-state index in [4.69, 9.17) is 10.2 Å². The van der Waals surface area contributed by atoms with Crippen molar-refractivity contribution >= 4 is 27.3 Å². The SMILES string of the molecule is O=[N+]([O-])c1ccc(Br)cc1NC[C@@H](O)CO. The molecule has 1 atom stereocenters. The van der Waals surface area contributed by atoms with Crippen molar-refractivity contribution in [3.05, 3.63) is 32.8 Å². The summed E-state index contributed by atoms with van der Waals surface area (Å²) < 4.78 is 0.694. The normalized spacial score (nSPS) is 12.2. The number of hydrogen-bond donors (Lipinski definition) is 3. The lowest BCUT2D eigenvalue weighted by atomic mass is 10.2. The zero-order chi connectivity index (χ0) is 12.1.